The lowest BCUT2D eigenvalue weighted by molar-refractivity contribution is -0.305. The predicted molar refractivity (Wildman–Crippen MR) is 220 cm³/mol. The average molecular weight is 785 g/mol. The van der Waals surface area contributed by atoms with Gasteiger partial charge in [0.05, 0.1) is 13.2 Å². The van der Waals surface area contributed by atoms with Crippen LogP contribution in [0.1, 0.15) is 206 Å². The summed E-state index contributed by atoms with van der Waals surface area (Å²) in [6.45, 7) is 3.42. The molecule has 0 spiro atoms. The molecule has 0 saturated carbocycles. The molecule has 1 rings (SSSR count). The van der Waals surface area contributed by atoms with Crippen LogP contribution in [-0.4, -0.2) is 89.0 Å². The molecule has 0 radical (unpaired) electrons. The van der Waals surface area contributed by atoms with Gasteiger partial charge >= 0.3 is 11.9 Å². The van der Waals surface area contributed by atoms with Crippen molar-refractivity contribution in [2.24, 2.45) is 0 Å². The second-order valence-electron chi connectivity index (χ2n) is 15.9. The number of carbonyl (C=O) groups excluding carboxylic acids is 2. The van der Waals surface area contributed by atoms with E-state index >= 15 is 0 Å². The van der Waals surface area contributed by atoms with Crippen molar-refractivity contribution in [3.05, 3.63) is 12.2 Å². The van der Waals surface area contributed by atoms with Crippen molar-refractivity contribution in [2.75, 3.05) is 19.8 Å². The summed E-state index contributed by atoms with van der Waals surface area (Å²) in [6, 6.07) is 0. The van der Waals surface area contributed by atoms with Crippen molar-refractivity contribution in [1.82, 2.24) is 0 Å². The number of carbonyl (C=O) groups is 2. The molecule has 10 nitrogen and oxygen atoms in total. The fourth-order valence-electron chi connectivity index (χ4n) is 7.01. The van der Waals surface area contributed by atoms with E-state index in [2.05, 4.69) is 26.0 Å². The molecule has 0 amide bonds. The molecule has 0 bridgehead atoms. The molecular formula is C45H84O10. The van der Waals surface area contributed by atoms with E-state index in [1.165, 1.54) is 122 Å². The number of allylic oxidation sites excluding steroid dienone is 2. The predicted octanol–water partition coefficient (Wildman–Crippen LogP) is 9.56. The monoisotopic (exact) mass is 785 g/mol. The summed E-state index contributed by atoms with van der Waals surface area (Å²) in [5.74, 6) is -0.815. The molecule has 324 valence electrons. The van der Waals surface area contributed by atoms with Crippen LogP contribution in [0.3, 0.4) is 0 Å². The van der Waals surface area contributed by atoms with Crippen LogP contribution in [0.5, 0.6) is 0 Å². The van der Waals surface area contributed by atoms with E-state index < -0.39 is 49.4 Å². The van der Waals surface area contributed by atoms with Crippen LogP contribution in [0.4, 0.5) is 0 Å². The van der Waals surface area contributed by atoms with Crippen molar-refractivity contribution in [3.63, 3.8) is 0 Å². The summed E-state index contributed by atoms with van der Waals surface area (Å²) in [5.41, 5.74) is 0. The average Bonchev–Trinajstić information content (AvgIpc) is 3.18. The van der Waals surface area contributed by atoms with E-state index in [1.54, 1.807) is 0 Å². The SMILES string of the molecule is CCCCCCCC/C=C/CCCCCC(=O)OC[C@H](CO[C@@H]1O[C@H](CO)[C@H](O)C(O)C1O)OC(=O)CCCCCCCCCCCCCCCCCCC. The summed E-state index contributed by atoms with van der Waals surface area (Å²) in [5, 5.41) is 40.0. The first kappa shape index (κ1) is 51.5. The number of esters is 2. The van der Waals surface area contributed by atoms with Crippen LogP contribution in [0, 0.1) is 0 Å². The van der Waals surface area contributed by atoms with Gasteiger partial charge in [0.15, 0.2) is 12.4 Å². The van der Waals surface area contributed by atoms with E-state index in [0.29, 0.717) is 12.8 Å². The van der Waals surface area contributed by atoms with Crippen LogP contribution >= 0.6 is 0 Å². The zero-order chi connectivity index (χ0) is 40.2. The Morgan fingerprint density at radius 1 is 0.545 bits per heavy atom. The first-order valence-electron chi connectivity index (χ1n) is 22.8. The lowest BCUT2D eigenvalue weighted by Crippen LogP contribution is -2.59. The Morgan fingerprint density at radius 3 is 1.44 bits per heavy atom. The van der Waals surface area contributed by atoms with Crippen molar-refractivity contribution < 1.29 is 49.0 Å². The number of ether oxygens (including phenoxy) is 4. The Kier molecular flexibility index (Phi) is 34.4. The highest BCUT2D eigenvalue weighted by Crippen LogP contribution is 2.23. The van der Waals surface area contributed by atoms with Gasteiger partial charge in [-0.15, -0.1) is 0 Å². The molecule has 4 N–H and O–H groups in total. The second-order valence-corrected chi connectivity index (χ2v) is 15.9. The van der Waals surface area contributed by atoms with Crippen molar-refractivity contribution in [2.45, 2.75) is 243 Å². The normalized spacial score (nSPS) is 20.6. The van der Waals surface area contributed by atoms with Gasteiger partial charge in [-0.1, -0.05) is 167 Å². The van der Waals surface area contributed by atoms with E-state index in [1.807, 2.05) is 0 Å². The maximum atomic E-state index is 12.8. The third-order valence-electron chi connectivity index (χ3n) is 10.7. The molecule has 1 aliphatic rings. The highest BCUT2D eigenvalue weighted by Gasteiger charge is 2.44. The van der Waals surface area contributed by atoms with Gasteiger partial charge in [-0.2, -0.15) is 0 Å². The third kappa shape index (κ3) is 28.5. The Labute approximate surface area is 335 Å². The second kappa shape index (κ2) is 36.8. The molecule has 6 atom stereocenters. The summed E-state index contributed by atoms with van der Waals surface area (Å²) < 4.78 is 22.1. The van der Waals surface area contributed by atoms with Crippen LogP contribution in [-0.2, 0) is 28.5 Å². The van der Waals surface area contributed by atoms with Gasteiger partial charge in [0.25, 0.3) is 0 Å². The topological polar surface area (TPSA) is 152 Å². The summed E-state index contributed by atoms with van der Waals surface area (Å²) >= 11 is 0. The van der Waals surface area contributed by atoms with Gasteiger partial charge < -0.3 is 39.4 Å². The molecule has 10 heteroatoms. The third-order valence-corrected chi connectivity index (χ3v) is 10.7. The fourth-order valence-corrected chi connectivity index (χ4v) is 7.01. The lowest BCUT2D eigenvalue weighted by Gasteiger charge is -2.39. The first-order chi connectivity index (χ1) is 26.8. The Balaban J connectivity index is 2.32. The van der Waals surface area contributed by atoms with Gasteiger partial charge in [-0.05, 0) is 38.5 Å². The maximum Gasteiger partial charge on any atom is 0.306 e. The molecule has 0 aromatic heterocycles. The Hall–Kier alpha value is -1.56. The molecule has 1 heterocycles. The molecule has 1 saturated heterocycles. The van der Waals surface area contributed by atoms with Crippen LogP contribution in [0.15, 0.2) is 12.2 Å². The number of rotatable bonds is 38. The lowest BCUT2D eigenvalue weighted by atomic mass is 9.99. The smallest absolute Gasteiger partial charge is 0.306 e. The summed E-state index contributed by atoms with van der Waals surface area (Å²) in [7, 11) is 0. The minimum absolute atomic E-state index is 0.220. The molecule has 2 unspecified atom stereocenters. The highest BCUT2D eigenvalue weighted by atomic mass is 16.7. The van der Waals surface area contributed by atoms with Gasteiger partial charge in [-0.25, -0.2) is 0 Å². The Morgan fingerprint density at radius 2 is 0.964 bits per heavy atom. The molecular weight excluding hydrogens is 700 g/mol. The largest absolute Gasteiger partial charge is 0.462 e. The van der Waals surface area contributed by atoms with Gasteiger partial charge in [-0.3, -0.25) is 9.59 Å². The highest BCUT2D eigenvalue weighted by molar-refractivity contribution is 5.70. The van der Waals surface area contributed by atoms with E-state index in [4.69, 9.17) is 18.9 Å². The van der Waals surface area contributed by atoms with E-state index in [9.17, 15) is 30.0 Å². The number of aliphatic hydroxyl groups excluding tert-OH is 4. The quantitative estimate of drug-likeness (QED) is 0.0271. The molecule has 55 heavy (non-hydrogen) atoms. The Bertz CT molecular complexity index is 912. The van der Waals surface area contributed by atoms with Crippen molar-refractivity contribution in [1.29, 1.82) is 0 Å². The summed E-state index contributed by atoms with van der Waals surface area (Å²) in [6.07, 6.45) is 30.7. The van der Waals surface area contributed by atoms with Crippen LogP contribution in [0.2, 0.25) is 0 Å². The first-order valence-corrected chi connectivity index (χ1v) is 22.8. The van der Waals surface area contributed by atoms with E-state index in [0.717, 1.165) is 44.9 Å². The zero-order valence-corrected chi connectivity index (χ0v) is 35.2. The standard InChI is InChI=1S/C45H84O10/c1-3-5-7-9-11-13-15-17-18-19-20-22-24-26-28-30-32-34-41(48)54-38(37-53-45-44(51)43(50)42(49)39(35-46)55-45)36-52-40(47)33-31-29-27-25-23-21-16-14-12-10-8-6-4-2/h21,23,38-39,42-46,49-51H,3-20,22,24-37H2,1-2H3/b23-21+/t38-,39-,42+,43?,44?,45-/m1/s1. The fraction of sp³-hybridized carbons (Fsp3) is 0.911. The minimum Gasteiger partial charge on any atom is -0.462 e. The molecule has 0 aromatic rings. The van der Waals surface area contributed by atoms with Gasteiger partial charge in [0.1, 0.15) is 31.0 Å². The van der Waals surface area contributed by atoms with Gasteiger partial charge in [0, 0.05) is 12.8 Å². The van der Waals surface area contributed by atoms with E-state index in [-0.39, 0.29) is 32.0 Å². The number of hydrogen-bond acceptors (Lipinski definition) is 10. The maximum absolute atomic E-state index is 12.8. The molecule has 0 aromatic carbocycles. The summed E-state index contributed by atoms with van der Waals surface area (Å²) in [4.78, 5) is 25.3. The molecule has 0 aliphatic carbocycles. The van der Waals surface area contributed by atoms with Crippen molar-refractivity contribution >= 4 is 11.9 Å². The van der Waals surface area contributed by atoms with Crippen LogP contribution < -0.4 is 0 Å². The van der Waals surface area contributed by atoms with Gasteiger partial charge in [0.2, 0.25) is 0 Å². The van der Waals surface area contributed by atoms with Crippen molar-refractivity contribution in [3.8, 4) is 0 Å². The number of hydrogen-bond donors (Lipinski definition) is 4. The molecule has 1 aliphatic heterocycles. The van der Waals surface area contributed by atoms with Crippen LogP contribution in [0.25, 0.3) is 0 Å². The molecule has 1 fully saturated rings. The minimum atomic E-state index is -1.59. The zero-order valence-electron chi connectivity index (χ0n) is 35.2. The number of unbranched alkanes of at least 4 members (excludes halogenated alkanes) is 25. The number of aliphatic hydroxyl groups is 4.